The van der Waals surface area contributed by atoms with Crippen LogP contribution in [0.15, 0.2) is 18.2 Å². The highest BCUT2D eigenvalue weighted by atomic mass is 16.3. The lowest BCUT2D eigenvalue weighted by atomic mass is 10.1. The maximum Gasteiger partial charge on any atom is 0.260 e. The van der Waals surface area contributed by atoms with Gasteiger partial charge >= 0.3 is 0 Å². The van der Waals surface area contributed by atoms with Crippen LogP contribution in [0, 0.1) is 0 Å². The number of nitrogens with zero attached hydrogens (tertiary/aromatic N) is 2. The summed E-state index contributed by atoms with van der Waals surface area (Å²) in [5.74, 6) is -0.233. The quantitative estimate of drug-likeness (QED) is 0.840. The molecule has 4 nitrogen and oxygen atoms in total. The first-order valence-electron chi connectivity index (χ1n) is 7.03. The molecule has 4 heteroatoms. The van der Waals surface area contributed by atoms with Gasteiger partial charge in [-0.05, 0) is 25.0 Å². The van der Waals surface area contributed by atoms with Gasteiger partial charge < -0.3 is 14.9 Å². The first kappa shape index (κ1) is 12.5. The third-order valence-electron chi connectivity index (χ3n) is 4.21. The van der Waals surface area contributed by atoms with E-state index in [-0.39, 0.29) is 5.91 Å². The Morgan fingerprint density at radius 1 is 1.16 bits per heavy atom. The number of hydrogen-bond donors (Lipinski definition) is 1. The average Bonchev–Trinajstić information content (AvgIpc) is 2.68. The molecule has 1 N–H and O–H groups in total. The molecule has 2 heterocycles. The van der Waals surface area contributed by atoms with E-state index in [1.54, 1.807) is 11.9 Å². The molecule has 0 radical (unpaired) electrons. The summed E-state index contributed by atoms with van der Waals surface area (Å²) in [7, 11) is 1.73. The van der Waals surface area contributed by atoms with Crippen molar-refractivity contribution in [2.24, 2.45) is 0 Å². The van der Waals surface area contributed by atoms with Gasteiger partial charge in [-0.1, -0.05) is 18.9 Å². The maximum atomic E-state index is 11.8. The summed E-state index contributed by atoms with van der Waals surface area (Å²) in [6.45, 7) is 2.16. The van der Waals surface area contributed by atoms with Crippen LogP contribution in [0.3, 0.4) is 0 Å². The van der Waals surface area contributed by atoms with Crippen LogP contribution in [0.5, 0.6) is 0 Å². The van der Waals surface area contributed by atoms with Gasteiger partial charge in [-0.25, -0.2) is 0 Å². The number of anilines is 2. The number of rotatable bonds is 1. The van der Waals surface area contributed by atoms with Crippen molar-refractivity contribution in [3.8, 4) is 0 Å². The molecular weight excluding hydrogens is 240 g/mol. The van der Waals surface area contributed by atoms with Gasteiger partial charge in [0.1, 0.15) is 0 Å². The van der Waals surface area contributed by atoms with Gasteiger partial charge in [-0.15, -0.1) is 0 Å². The fourth-order valence-electron chi connectivity index (χ4n) is 3.01. The normalized spacial score (nSPS) is 23.5. The molecule has 0 saturated carbocycles. The predicted octanol–water partition coefficient (Wildman–Crippen LogP) is 2.08. The Morgan fingerprint density at radius 2 is 1.84 bits per heavy atom. The molecule has 0 bridgehead atoms. The first-order valence-corrected chi connectivity index (χ1v) is 7.03. The average molecular weight is 260 g/mol. The third kappa shape index (κ3) is 2.10. The summed E-state index contributed by atoms with van der Waals surface area (Å²) < 4.78 is 0. The Bertz CT molecular complexity index is 493. The number of fused-ring (bicyclic) bond motifs is 1. The van der Waals surface area contributed by atoms with Crippen LogP contribution in [-0.2, 0) is 4.79 Å². The summed E-state index contributed by atoms with van der Waals surface area (Å²) in [6.07, 6.45) is 4.08. The second-order valence-electron chi connectivity index (χ2n) is 5.44. The van der Waals surface area contributed by atoms with Gasteiger partial charge in [0.05, 0.1) is 5.69 Å². The molecule has 1 unspecified atom stereocenters. The summed E-state index contributed by atoms with van der Waals surface area (Å²) in [4.78, 5) is 15.7. The fourth-order valence-corrected chi connectivity index (χ4v) is 3.01. The van der Waals surface area contributed by atoms with Gasteiger partial charge in [0.15, 0.2) is 6.10 Å². The van der Waals surface area contributed by atoms with Crippen molar-refractivity contribution < 1.29 is 9.90 Å². The van der Waals surface area contributed by atoms with Crippen LogP contribution in [0.25, 0.3) is 0 Å². The molecule has 1 saturated heterocycles. The molecule has 0 aromatic heterocycles. The summed E-state index contributed by atoms with van der Waals surface area (Å²) in [6, 6.07) is 5.95. The second-order valence-corrected chi connectivity index (χ2v) is 5.44. The van der Waals surface area contributed by atoms with E-state index in [2.05, 4.69) is 4.90 Å². The van der Waals surface area contributed by atoms with Gasteiger partial charge in [0, 0.05) is 31.4 Å². The Labute approximate surface area is 113 Å². The number of hydrogen-bond acceptors (Lipinski definition) is 3. The molecule has 102 valence electrons. The van der Waals surface area contributed by atoms with Crippen LogP contribution in [0.1, 0.15) is 37.4 Å². The highest BCUT2D eigenvalue weighted by Crippen LogP contribution is 2.37. The minimum Gasteiger partial charge on any atom is -0.378 e. The van der Waals surface area contributed by atoms with E-state index in [9.17, 15) is 9.90 Å². The Balaban J connectivity index is 1.91. The van der Waals surface area contributed by atoms with Crippen LogP contribution < -0.4 is 9.80 Å². The molecule has 3 rings (SSSR count). The van der Waals surface area contributed by atoms with Crippen molar-refractivity contribution in [3.63, 3.8) is 0 Å². The predicted molar refractivity (Wildman–Crippen MR) is 75.5 cm³/mol. The molecule has 1 atom stereocenters. The molecule has 1 amide bonds. The lowest BCUT2D eigenvalue weighted by Gasteiger charge is -2.24. The number of aliphatic hydroxyl groups is 1. The number of carbonyl (C=O) groups is 1. The van der Waals surface area contributed by atoms with E-state index in [0.717, 1.165) is 30.0 Å². The van der Waals surface area contributed by atoms with E-state index in [4.69, 9.17) is 0 Å². The third-order valence-corrected chi connectivity index (χ3v) is 4.21. The molecule has 0 aliphatic carbocycles. The SMILES string of the molecule is CN1C(=O)C(O)c2ccc(N3CCCCCC3)cc21. The minimum absolute atomic E-state index is 0.233. The summed E-state index contributed by atoms with van der Waals surface area (Å²) >= 11 is 0. The maximum absolute atomic E-state index is 11.8. The van der Waals surface area contributed by atoms with Crippen LogP contribution in [0.2, 0.25) is 0 Å². The number of amides is 1. The number of carbonyl (C=O) groups excluding carboxylic acids is 1. The zero-order chi connectivity index (χ0) is 13.4. The molecule has 19 heavy (non-hydrogen) atoms. The van der Waals surface area contributed by atoms with Crippen molar-refractivity contribution in [3.05, 3.63) is 23.8 Å². The number of aliphatic hydroxyl groups excluding tert-OH is 1. The summed E-state index contributed by atoms with van der Waals surface area (Å²) in [5, 5.41) is 9.86. The standard InChI is InChI=1S/C15H20N2O2/c1-16-13-10-11(17-8-4-2-3-5-9-17)6-7-12(13)14(18)15(16)19/h6-7,10,14,18H,2-5,8-9H2,1H3. The van der Waals surface area contributed by atoms with E-state index < -0.39 is 6.10 Å². The Morgan fingerprint density at radius 3 is 2.53 bits per heavy atom. The van der Waals surface area contributed by atoms with E-state index in [0.29, 0.717) is 0 Å². The van der Waals surface area contributed by atoms with Crippen molar-refractivity contribution in [2.45, 2.75) is 31.8 Å². The zero-order valence-corrected chi connectivity index (χ0v) is 11.3. The topological polar surface area (TPSA) is 43.8 Å². The van der Waals surface area contributed by atoms with Gasteiger partial charge in [0.25, 0.3) is 5.91 Å². The number of likely N-dealkylation sites (N-methyl/N-ethyl adjacent to an activating group) is 1. The second kappa shape index (κ2) is 4.85. The van der Waals surface area contributed by atoms with Gasteiger partial charge in [-0.2, -0.15) is 0 Å². The molecule has 1 aromatic rings. The van der Waals surface area contributed by atoms with E-state index in [1.165, 1.54) is 25.7 Å². The van der Waals surface area contributed by atoms with Crippen LogP contribution >= 0.6 is 0 Å². The lowest BCUT2D eigenvalue weighted by Crippen LogP contribution is -2.25. The molecule has 1 aromatic carbocycles. The van der Waals surface area contributed by atoms with Crippen molar-refractivity contribution in [1.82, 2.24) is 0 Å². The molecule has 0 spiro atoms. The van der Waals surface area contributed by atoms with E-state index >= 15 is 0 Å². The number of benzene rings is 1. The van der Waals surface area contributed by atoms with E-state index in [1.807, 2.05) is 18.2 Å². The van der Waals surface area contributed by atoms with Gasteiger partial charge in [-0.3, -0.25) is 4.79 Å². The van der Waals surface area contributed by atoms with Crippen molar-refractivity contribution >= 4 is 17.3 Å². The molecular formula is C15H20N2O2. The molecule has 1 fully saturated rings. The van der Waals surface area contributed by atoms with Gasteiger partial charge in [0.2, 0.25) is 0 Å². The summed E-state index contributed by atoms with van der Waals surface area (Å²) in [5.41, 5.74) is 2.74. The largest absolute Gasteiger partial charge is 0.378 e. The molecule has 2 aliphatic heterocycles. The highest BCUT2D eigenvalue weighted by Gasteiger charge is 2.33. The molecule has 2 aliphatic rings. The monoisotopic (exact) mass is 260 g/mol. The Kier molecular flexibility index (Phi) is 3.19. The van der Waals surface area contributed by atoms with Crippen LogP contribution in [-0.4, -0.2) is 31.2 Å². The van der Waals surface area contributed by atoms with Crippen molar-refractivity contribution in [1.29, 1.82) is 0 Å². The Hall–Kier alpha value is -1.55. The fraction of sp³-hybridized carbons (Fsp3) is 0.533. The van der Waals surface area contributed by atoms with Crippen LogP contribution in [0.4, 0.5) is 11.4 Å². The minimum atomic E-state index is -0.988. The van der Waals surface area contributed by atoms with Crippen molar-refractivity contribution in [2.75, 3.05) is 29.9 Å². The lowest BCUT2D eigenvalue weighted by molar-refractivity contribution is -0.125. The smallest absolute Gasteiger partial charge is 0.260 e. The zero-order valence-electron chi connectivity index (χ0n) is 11.3. The first-order chi connectivity index (χ1) is 9.18. The highest BCUT2D eigenvalue weighted by molar-refractivity contribution is 6.03.